The number of carboxylic acids is 2. The second-order valence-corrected chi connectivity index (χ2v) is 7.01. The number of hydrogen-bond acceptors (Lipinski definition) is 5. The molecular weight excluding hydrogens is 463 g/mol. The number of pyridine rings is 1. The minimum absolute atomic E-state index is 0.0170. The monoisotopic (exact) mass is 476 g/mol. The maximum Gasteiger partial charge on any atom is 0.342 e. The third-order valence-electron chi connectivity index (χ3n) is 4.20. The number of nitrogens with two attached hydrogens (primary N) is 1. The first-order valence-corrected chi connectivity index (χ1v) is 9.17. The lowest BCUT2D eigenvalue weighted by atomic mass is 9.95. The summed E-state index contributed by atoms with van der Waals surface area (Å²) in [6, 6.07) is 9.96. The lowest BCUT2D eigenvalue weighted by Gasteiger charge is -2.14. The highest BCUT2D eigenvalue weighted by Crippen LogP contribution is 2.32. The predicted molar refractivity (Wildman–Crippen MR) is 109 cm³/mol. The van der Waals surface area contributed by atoms with Crippen LogP contribution in [0.3, 0.4) is 0 Å². The van der Waals surface area contributed by atoms with Gasteiger partial charge in [0, 0.05) is 15.6 Å². The highest BCUT2D eigenvalue weighted by atomic mass is 79.9. The zero-order valence-corrected chi connectivity index (χ0v) is 16.7. The molecule has 0 aliphatic heterocycles. The maximum atomic E-state index is 13.4. The number of hydrogen-bond donors (Lipinski definition) is 4. The van der Waals surface area contributed by atoms with Crippen LogP contribution < -0.4 is 16.0 Å². The van der Waals surface area contributed by atoms with Crippen LogP contribution in [0, 0.1) is 5.82 Å². The normalized spacial score (nSPS) is 10.6. The fourth-order valence-electron chi connectivity index (χ4n) is 2.89. The number of benzene rings is 2. The fourth-order valence-corrected chi connectivity index (χ4v) is 3.25. The van der Waals surface area contributed by atoms with Crippen molar-refractivity contribution in [3.8, 4) is 16.9 Å². The fraction of sp³-hybridized carbons (Fsp3) is 0.0500. The Bertz CT molecular complexity index is 1220. The molecule has 30 heavy (non-hydrogen) atoms. The van der Waals surface area contributed by atoms with Gasteiger partial charge in [0.1, 0.15) is 35.1 Å². The lowest BCUT2D eigenvalue weighted by Crippen LogP contribution is -2.24. The molecule has 0 amide bonds. The molecule has 0 saturated carbocycles. The third kappa shape index (κ3) is 4.18. The van der Waals surface area contributed by atoms with Gasteiger partial charge in [-0.05, 0) is 35.9 Å². The van der Waals surface area contributed by atoms with Crippen LogP contribution in [0.4, 0.5) is 10.2 Å². The molecule has 3 rings (SSSR count). The number of aromatic amines is 1. The topological polar surface area (TPSA) is 143 Å². The first-order chi connectivity index (χ1) is 14.2. The van der Waals surface area contributed by atoms with Crippen molar-refractivity contribution in [2.45, 2.75) is 6.61 Å². The van der Waals surface area contributed by atoms with Crippen molar-refractivity contribution >= 4 is 33.7 Å². The SMILES string of the molecule is Nc1[nH]c(=O)c(C(=O)O)c(-c2cccc(OCc3cc(F)ccc3Br)c2)c1C(=O)O. The van der Waals surface area contributed by atoms with E-state index in [0.29, 0.717) is 10.0 Å². The van der Waals surface area contributed by atoms with Crippen LogP contribution in [0.25, 0.3) is 11.1 Å². The third-order valence-corrected chi connectivity index (χ3v) is 4.97. The van der Waals surface area contributed by atoms with E-state index in [9.17, 15) is 29.0 Å². The van der Waals surface area contributed by atoms with Crippen molar-refractivity contribution in [3.63, 3.8) is 0 Å². The van der Waals surface area contributed by atoms with Gasteiger partial charge in [0.2, 0.25) is 0 Å². The molecule has 8 nitrogen and oxygen atoms in total. The van der Waals surface area contributed by atoms with Crippen molar-refractivity contribution < 1.29 is 28.9 Å². The number of aromatic nitrogens is 1. The molecule has 0 radical (unpaired) electrons. The van der Waals surface area contributed by atoms with Crippen molar-refractivity contribution in [2.24, 2.45) is 0 Å². The zero-order valence-electron chi connectivity index (χ0n) is 15.1. The smallest absolute Gasteiger partial charge is 0.342 e. The quantitative estimate of drug-likeness (QED) is 0.426. The highest BCUT2D eigenvalue weighted by molar-refractivity contribution is 9.10. The number of aromatic carboxylic acids is 2. The minimum Gasteiger partial charge on any atom is -0.489 e. The number of anilines is 1. The van der Waals surface area contributed by atoms with Gasteiger partial charge in [0.15, 0.2) is 0 Å². The Morgan fingerprint density at radius 3 is 2.47 bits per heavy atom. The standard InChI is InChI=1S/C20H14BrFN2O6/c21-13-5-4-11(22)6-10(13)8-30-12-3-1-2-9(7-12)14-15(19(26)27)17(23)24-18(25)16(14)20(28)29/h1-7H,8H2,(H,26,27)(H,28,29)(H3,23,24,25). The minimum atomic E-state index is -1.61. The first kappa shape index (κ1) is 21.1. The average molecular weight is 477 g/mol. The average Bonchev–Trinajstić information content (AvgIpc) is 2.67. The Balaban J connectivity index is 2.08. The summed E-state index contributed by atoms with van der Waals surface area (Å²) in [5.41, 5.74) is 3.59. The summed E-state index contributed by atoms with van der Waals surface area (Å²) in [5, 5.41) is 19.0. The molecule has 0 bridgehead atoms. The van der Waals surface area contributed by atoms with Crippen molar-refractivity contribution in [2.75, 3.05) is 5.73 Å². The number of halogens is 2. The number of carbonyl (C=O) groups is 2. The molecule has 0 spiro atoms. The molecule has 0 atom stereocenters. The molecule has 1 aromatic heterocycles. The Labute approximate surface area is 176 Å². The van der Waals surface area contributed by atoms with E-state index in [0.717, 1.165) is 0 Å². The predicted octanol–water partition coefficient (Wildman–Crippen LogP) is 3.50. The van der Waals surface area contributed by atoms with Crippen LogP contribution in [-0.2, 0) is 6.61 Å². The van der Waals surface area contributed by atoms with Crippen LogP contribution in [-0.4, -0.2) is 27.1 Å². The van der Waals surface area contributed by atoms with Crippen LogP contribution >= 0.6 is 15.9 Å². The number of nitrogens with one attached hydrogen (secondary N) is 1. The molecular formula is C20H14BrFN2O6. The number of H-pyrrole nitrogens is 1. The Morgan fingerprint density at radius 1 is 1.10 bits per heavy atom. The number of rotatable bonds is 6. The first-order valence-electron chi connectivity index (χ1n) is 8.38. The van der Waals surface area contributed by atoms with Gasteiger partial charge in [-0.3, -0.25) is 4.79 Å². The van der Waals surface area contributed by atoms with E-state index in [1.165, 1.54) is 36.4 Å². The highest BCUT2D eigenvalue weighted by Gasteiger charge is 2.26. The number of nitrogen functional groups attached to an aromatic ring is 1. The molecule has 154 valence electrons. The summed E-state index contributed by atoms with van der Waals surface area (Å²) in [5.74, 6) is -3.78. The summed E-state index contributed by atoms with van der Waals surface area (Å²) in [6.45, 7) is -0.0170. The molecule has 2 aromatic carbocycles. The number of carboxylic acid groups (broad SMARTS) is 2. The summed E-state index contributed by atoms with van der Waals surface area (Å²) >= 11 is 3.29. The second-order valence-electron chi connectivity index (χ2n) is 6.16. The zero-order chi connectivity index (χ0) is 22.0. The van der Waals surface area contributed by atoms with E-state index < -0.39 is 40.3 Å². The van der Waals surface area contributed by atoms with Gasteiger partial charge in [-0.1, -0.05) is 28.1 Å². The van der Waals surface area contributed by atoms with Gasteiger partial charge >= 0.3 is 11.9 Å². The molecule has 0 aliphatic carbocycles. The molecule has 0 saturated heterocycles. The van der Waals surface area contributed by atoms with Crippen LogP contribution in [0.15, 0.2) is 51.7 Å². The molecule has 5 N–H and O–H groups in total. The lowest BCUT2D eigenvalue weighted by molar-refractivity contribution is 0.0695. The van der Waals surface area contributed by atoms with Gasteiger partial charge in [0.05, 0.1) is 0 Å². The van der Waals surface area contributed by atoms with E-state index in [2.05, 4.69) is 15.9 Å². The summed E-state index contributed by atoms with van der Waals surface area (Å²) in [6.07, 6.45) is 0. The Kier molecular flexibility index (Phi) is 5.88. The molecule has 3 aromatic rings. The summed E-state index contributed by atoms with van der Waals surface area (Å²) in [4.78, 5) is 37.5. The Morgan fingerprint density at radius 2 is 1.80 bits per heavy atom. The van der Waals surface area contributed by atoms with E-state index >= 15 is 0 Å². The molecule has 10 heteroatoms. The molecule has 1 heterocycles. The van der Waals surface area contributed by atoms with Gasteiger partial charge in [-0.15, -0.1) is 0 Å². The van der Waals surface area contributed by atoms with Crippen LogP contribution in [0.2, 0.25) is 0 Å². The number of ether oxygens (including phenoxy) is 1. The largest absolute Gasteiger partial charge is 0.489 e. The van der Waals surface area contributed by atoms with Crippen molar-refractivity contribution in [3.05, 3.63) is 79.8 Å². The van der Waals surface area contributed by atoms with Gasteiger partial charge < -0.3 is 25.7 Å². The second kappa shape index (κ2) is 8.37. The van der Waals surface area contributed by atoms with E-state index in [-0.39, 0.29) is 23.5 Å². The van der Waals surface area contributed by atoms with Gasteiger partial charge in [-0.2, -0.15) is 0 Å². The van der Waals surface area contributed by atoms with E-state index in [1.54, 1.807) is 6.07 Å². The summed E-state index contributed by atoms with van der Waals surface area (Å²) < 4.78 is 19.7. The maximum absolute atomic E-state index is 13.4. The van der Waals surface area contributed by atoms with Gasteiger partial charge in [-0.25, -0.2) is 14.0 Å². The van der Waals surface area contributed by atoms with E-state index in [1.807, 2.05) is 4.98 Å². The molecule has 0 aliphatic rings. The van der Waals surface area contributed by atoms with E-state index in [4.69, 9.17) is 10.5 Å². The summed E-state index contributed by atoms with van der Waals surface area (Å²) in [7, 11) is 0. The van der Waals surface area contributed by atoms with Crippen molar-refractivity contribution in [1.29, 1.82) is 0 Å². The van der Waals surface area contributed by atoms with Crippen LogP contribution in [0.1, 0.15) is 26.3 Å². The Hall–Kier alpha value is -3.66. The van der Waals surface area contributed by atoms with Crippen molar-refractivity contribution in [1.82, 2.24) is 4.98 Å². The van der Waals surface area contributed by atoms with Crippen LogP contribution in [0.5, 0.6) is 5.75 Å². The molecule has 0 unspecified atom stereocenters. The molecule has 0 fully saturated rings. The van der Waals surface area contributed by atoms with Gasteiger partial charge in [0.25, 0.3) is 5.56 Å².